The quantitative estimate of drug-likeness (QED) is 0.598. The number of aromatic nitrogens is 6. The van der Waals surface area contributed by atoms with Gasteiger partial charge >= 0.3 is 0 Å². The summed E-state index contributed by atoms with van der Waals surface area (Å²) in [6.07, 6.45) is 2.38. The Balaban J connectivity index is 1.58. The van der Waals surface area contributed by atoms with Gasteiger partial charge in [-0.25, -0.2) is 4.98 Å². The second-order valence-corrected chi connectivity index (χ2v) is 5.21. The third-order valence-electron chi connectivity index (χ3n) is 3.49. The van der Waals surface area contributed by atoms with Crippen molar-refractivity contribution in [2.75, 3.05) is 0 Å². The van der Waals surface area contributed by atoms with E-state index in [1.54, 1.807) is 25.1 Å². The molecule has 0 fully saturated rings. The fourth-order valence-electron chi connectivity index (χ4n) is 2.34. The van der Waals surface area contributed by atoms with Gasteiger partial charge in [-0.05, 0) is 25.1 Å². The van der Waals surface area contributed by atoms with E-state index >= 15 is 0 Å². The highest BCUT2D eigenvalue weighted by molar-refractivity contribution is 5.82. The van der Waals surface area contributed by atoms with Gasteiger partial charge in [0.05, 0.1) is 17.2 Å². The van der Waals surface area contributed by atoms with Crippen molar-refractivity contribution in [2.24, 2.45) is 0 Å². The summed E-state index contributed by atoms with van der Waals surface area (Å²) < 4.78 is 10.3. The largest absolute Gasteiger partial charge is 0.339 e. The molecule has 0 aliphatic heterocycles. The van der Waals surface area contributed by atoms with Crippen molar-refractivity contribution >= 4 is 10.9 Å². The van der Waals surface area contributed by atoms with Crippen LogP contribution in [0.3, 0.4) is 0 Å². The molecule has 3 aromatic heterocycles. The van der Waals surface area contributed by atoms with E-state index < -0.39 is 0 Å². The summed E-state index contributed by atoms with van der Waals surface area (Å²) in [4.78, 5) is 27.0. The van der Waals surface area contributed by atoms with Gasteiger partial charge in [0.25, 0.3) is 5.56 Å². The molecular weight excluding hydrogens is 312 g/mol. The van der Waals surface area contributed by atoms with Crippen LogP contribution in [-0.2, 0) is 12.8 Å². The molecule has 0 amide bonds. The molecule has 3 heterocycles. The Labute approximate surface area is 134 Å². The van der Waals surface area contributed by atoms with Crippen molar-refractivity contribution in [1.29, 1.82) is 0 Å². The molecule has 0 spiro atoms. The van der Waals surface area contributed by atoms with Crippen LogP contribution in [-0.4, -0.2) is 30.2 Å². The van der Waals surface area contributed by atoms with Crippen molar-refractivity contribution in [1.82, 2.24) is 30.2 Å². The molecule has 120 valence electrons. The smallest absolute Gasteiger partial charge is 0.258 e. The maximum atomic E-state index is 11.8. The Morgan fingerprint density at radius 2 is 1.88 bits per heavy atom. The average Bonchev–Trinajstić information content (AvgIpc) is 3.22. The van der Waals surface area contributed by atoms with Crippen LogP contribution in [0.15, 0.2) is 38.4 Å². The number of H-pyrrole nitrogens is 1. The van der Waals surface area contributed by atoms with Gasteiger partial charge in [0, 0.05) is 18.4 Å². The lowest BCUT2D eigenvalue weighted by Crippen LogP contribution is -2.06. The SMILES string of the molecule is Cc1noc(CCc2nc(-c3ccc4nc[nH]c(=O)c4c3)no2)n1. The van der Waals surface area contributed by atoms with Gasteiger partial charge in [-0.2, -0.15) is 9.97 Å². The van der Waals surface area contributed by atoms with Gasteiger partial charge in [-0.3, -0.25) is 4.79 Å². The van der Waals surface area contributed by atoms with Crippen molar-refractivity contribution in [3.63, 3.8) is 0 Å². The zero-order chi connectivity index (χ0) is 16.5. The lowest BCUT2D eigenvalue weighted by molar-refractivity contribution is 0.352. The Hall–Kier alpha value is -3.36. The molecule has 4 rings (SSSR count). The maximum absolute atomic E-state index is 11.8. The second-order valence-electron chi connectivity index (χ2n) is 5.21. The standard InChI is InChI=1S/C15H12N6O3/c1-8-18-12(23-20-8)4-5-13-19-14(21-24-13)9-2-3-11-10(6-9)15(22)17-7-16-11/h2-3,6-7H,4-5H2,1H3,(H,16,17,22). The van der Waals surface area contributed by atoms with E-state index in [9.17, 15) is 4.79 Å². The molecule has 4 aromatic rings. The van der Waals surface area contributed by atoms with E-state index in [0.717, 1.165) is 0 Å². The Morgan fingerprint density at radius 3 is 2.67 bits per heavy atom. The summed E-state index contributed by atoms with van der Waals surface area (Å²) in [5.74, 6) is 1.99. The second kappa shape index (κ2) is 5.69. The van der Waals surface area contributed by atoms with Crippen molar-refractivity contribution in [2.45, 2.75) is 19.8 Å². The topological polar surface area (TPSA) is 124 Å². The minimum Gasteiger partial charge on any atom is -0.339 e. The van der Waals surface area contributed by atoms with Crippen molar-refractivity contribution in [3.8, 4) is 11.4 Å². The normalized spacial score (nSPS) is 11.2. The summed E-state index contributed by atoms with van der Waals surface area (Å²) in [6.45, 7) is 1.76. The van der Waals surface area contributed by atoms with Crippen LogP contribution in [0.1, 0.15) is 17.6 Å². The van der Waals surface area contributed by atoms with E-state index in [2.05, 4.69) is 30.2 Å². The molecule has 24 heavy (non-hydrogen) atoms. The number of nitrogens with zero attached hydrogens (tertiary/aromatic N) is 5. The Kier molecular flexibility index (Phi) is 3.38. The minimum absolute atomic E-state index is 0.211. The summed E-state index contributed by atoms with van der Waals surface area (Å²) in [5.41, 5.74) is 1.08. The highest BCUT2D eigenvalue weighted by atomic mass is 16.5. The summed E-state index contributed by atoms with van der Waals surface area (Å²) in [6, 6.07) is 5.24. The van der Waals surface area contributed by atoms with Crippen LogP contribution in [0.2, 0.25) is 0 Å². The first-order valence-electron chi connectivity index (χ1n) is 7.28. The Bertz CT molecular complexity index is 1060. The van der Waals surface area contributed by atoms with Crippen molar-refractivity contribution in [3.05, 3.63) is 52.5 Å². The zero-order valence-corrected chi connectivity index (χ0v) is 12.7. The van der Waals surface area contributed by atoms with Crippen LogP contribution in [0.25, 0.3) is 22.3 Å². The predicted octanol–water partition coefficient (Wildman–Crippen LogP) is 1.45. The lowest BCUT2D eigenvalue weighted by Gasteiger charge is -1.97. The van der Waals surface area contributed by atoms with Crippen LogP contribution >= 0.6 is 0 Å². The minimum atomic E-state index is -0.211. The average molecular weight is 324 g/mol. The predicted molar refractivity (Wildman–Crippen MR) is 82.1 cm³/mol. The first-order valence-corrected chi connectivity index (χ1v) is 7.28. The molecule has 1 N–H and O–H groups in total. The van der Waals surface area contributed by atoms with Gasteiger partial charge in [0.15, 0.2) is 5.82 Å². The van der Waals surface area contributed by atoms with Gasteiger partial charge in [0.1, 0.15) is 0 Å². The third kappa shape index (κ3) is 2.67. The van der Waals surface area contributed by atoms with Crippen LogP contribution < -0.4 is 5.56 Å². The number of aromatic amines is 1. The first-order chi connectivity index (χ1) is 11.7. The molecule has 0 unspecified atom stereocenters. The molecule has 0 aliphatic rings. The number of fused-ring (bicyclic) bond motifs is 1. The molecule has 0 atom stereocenters. The molecule has 9 nitrogen and oxygen atoms in total. The molecule has 0 saturated carbocycles. The molecule has 0 bridgehead atoms. The maximum Gasteiger partial charge on any atom is 0.258 e. The van der Waals surface area contributed by atoms with E-state index in [4.69, 9.17) is 9.05 Å². The lowest BCUT2D eigenvalue weighted by atomic mass is 10.1. The Morgan fingerprint density at radius 1 is 1.08 bits per heavy atom. The molecule has 1 aromatic carbocycles. The van der Waals surface area contributed by atoms with Crippen LogP contribution in [0.5, 0.6) is 0 Å². The molecular formula is C15H12N6O3. The first kappa shape index (κ1) is 14.2. The third-order valence-corrected chi connectivity index (χ3v) is 3.49. The van der Waals surface area contributed by atoms with Gasteiger partial charge < -0.3 is 14.0 Å². The fraction of sp³-hybridized carbons (Fsp3) is 0.200. The van der Waals surface area contributed by atoms with Crippen molar-refractivity contribution < 1.29 is 9.05 Å². The van der Waals surface area contributed by atoms with E-state index in [0.29, 0.717) is 52.7 Å². The summed E-state index contributed by atoms with van der Waals surface area (Å²) in [5, 5.41) is 8.16. The molecule has 9 heteroatoms. The summed E-state index contributed by atoms with van der Waals surface area (Å²) in [7, 11) is 0. The monoisotopic (exact) mass is 324 g/mol. The number of benzene rings is 1. The highest BCUT2D eigenvalue weighted by Crippen LogP contribution is 2.19. The number of nitrogens with one attached hydrogen (secondary N) is 1. The number of rotatable bonds is 4. The molecule has 0 aliphatic carbocycles. The summed E-state index contributed by atoms with van der Waals surface area (Å²) >= 11 is 0. The van der Waals surface area contributed by atoms with Gasteiger partial charge in [-0.1, -0.05) is 10.3 Å². The number of hydrogen-bond donors (Lipinski definition) is 1. The van der Waals surface area contributed by atoms with E-state index in [1.807, 2.05) is 0 Å². The van der Waals surface area contributed by atoms with Gasteiger partial charge in [-0.15, -0.1) is 0 Å². The highest BCUT2D eigenvalue weighted by Gasteiger charge is 2.12. The molecule has 0 saturated heterocycles. The fourth-order valence-corrected chi connectivity index (χ4v) is 2.34. The zero-order valence-electron chi connectivity index (χ0n) is 12.7. The van der Waals surface area contributed by atoms with E-state index in [-0.39, 0.29) is 5.56 Å². The van der Waals surface area contributed by atoms with Gasteiger partial charge in [0.2, 0.25) is 17.6 Å². The molecule has 0 radical (unpaired) electrons. The number of hydrogen-bond acceptors (Lipinski definition) is 8. The van der Waals surface area contributed by atoms with E-state index in [1.165, 1.54) is 6.33 Å². The number of aryl methyl sites for hydroxylation is 3. The van der Waals surface area contributed by atoms with Crippen LogP contribution in [0, 0.1) is 6.92 Å². The van der Waals surface area contributed by atoms with Crippen LogP contribution in [0.4, 0.5) is 0 Å².